The molecular formula is C18H30N6O. The molecule has 1 aromatic rings. The van der Waals surface area contributed by atoms with Gasteiger partial charge in [-0.05, 0) is 32.1 Å². The molecule has 0 unspecified atom stereocenters. The molecule has 1 aliphatic carbocycles. The van der Waals surface area contributed by atoms with E-state index >= 15 is 0 Å². The molecule has 0 atom stereocenters. The van der Waals surface area contributed by atoms with Crippen LogP contribution >= 0.6 is 0 Å². The van der Waals surface area contributed by atoms with Gasteiger partial charge in [0.2, 0.25) is 11.9 Å². The third kappa shape index (κ3) is 4.60. The number of nitrogens with two attached hydrogens (primary N) is 1. The highest BCUT2D eigenvalue weighted by molar-refractivity contribution is 5.75. The summed E-state index contributed by atoms with van der Waals surface area (Å²) in [6, 6.07) is 2.37. The maximum atomic E-state index is 11.7. The Labute approximate surface area is 150 Å². The molecule has 3 rings (SSSR count). The third-order valence-electron chi connectivity index (χ3n) is 5.09. The normalized spacial score (nSPS) is 22.6. The number of nitrogens with zero attached hydrogens (tertiary/aromatic N) is 4. The smallest absolute Gasteiger partial charge is 0.227 e. The second-order valence-electron chi connectivity index (χ2n) is 7.42. The lowest BCUT2D eigenvalue weighted by atomic mass is 9.78. The highest BCUT2D eigenvalue weighted by atomic mass is 16.2. The maximum Gasteiger partial charge on any atom is 0.227 e. The van der Waals surface area contributed by atoms with Crippen LogP contribution in [0.4, 0.5) is 11.8 Å². The molecule has 138 valence electrons. The van der Waals surface area contributed by atoms with Gasteiger partial charge in [0.05, 0.1) is 5.69 Å². The molecule has 2 fully saturated rings. The summed E-state index contributed by atoms with van der Waals surface area (Å²) in [5.74, 6) is 2.31. The van der Waals surface area contributed by atoms with Crippen LogP contribution in [-0.4, -0.2) is 60.5 Å². The monoisotopic (exact) mass is 346 g/mol. The van der Waals surface area contributed by atoms with Crippen molar-refractivity contribution in [3.8, 4) is 0 Å². The van der Waals surface area contributed by atoms with Gasteiger partial charge in [0.15, 0.2) is 0 Å². The summed E-state index contributed by atoms with van der Waals surface area (Å²) in [7, 11) is 3.58. The van der Waals surface area contributed by atoms with Gasteiger partial charge in [-0.1, -0.05) is 0 Å². The second-order valence-corrected chi connectivity index (χ2v) is 7.42. The number of anilines is 2. The van der Waals surface area contributed by atoms with E-state index in [9.17, 15) is 4.79 Å². The molecule has 1 saturated heterocycles. The van der Waals surface area contributed by atoms with Gasteiger partial charge >= 0.3 is 0 Å². The van der Waals surface area contributed by atoms with Gasteiger partial charge in [-0.25, -0.2) is 4.98 Å². The second kappa shape index (κ2) is 7.99. The van der Waals surface area contributed by atoms with E-state index in [4.69, 9.17) is 15.7 Å². The summed E-state index contributed by atoms with van der Waals surface area (Å²) in [4.78, 5) is 25.1. The van der Waals surface area contributed by atoms with Gasteiger partial charge in [0.1, 0.15) is 5.82 Å². The maximum absolute atomic E-state index is 11.7. The third-order valence-corrected chi connectivity index (χ3v) is 5.09. The Hall–Kier alpha value is -1.89. The predicted molar refractivity (Wildman–Crippen MR) is 99.8 cm³/mol. The molecule has 1 aliphatic heterocycles. The fourth-order valence-corrected chi connectivity index (χ4v) is 3.39. The van der Waals surface area contributed by atoms with Crippen LogP contribution < -0.4 is 16.0 Å². The van der Waals surface area contributed by atoms with Crippen LogP contribution in [0.2, 0.25) is 0 Å². The lowest BCUT2D eigenvalue weighted by Gasteiger charge is -2.32. The summed E-state index contributed by atoms with van der Waals surface area (Å²) in [6.07, 6.45) is 5.77. The van der Waals surface area contributed by atoms with Crippen molar-refractivity contribution in [1.82, 2.24) is 14.9 Å². The molecule has 0 radical (unpaired) electrons. The summed E-state index contributed by atoms with van der Waals surface area (Å²) in [5.41, 5.74) is 7.05. The highest BCUT2D eigenvalue weighted by Gasteiger charge is 2.30. The topological polar surface area (TPSA) is 87.4 Å². The van der Waals surface area contributed by atoms with Crippen LogP contribution in [0, 0.1) is 0 Å². The van der Waals surface area contributed by atoms with Gasteiger partial charge < -0.3 is 20.9 Å². The Morgan fingerprint density at radius 2 is 2.04 bits per heavy atom. The van der Waals surface area contributed by atoms with E-state index in [1.165, 1.54) is 12.8 Å². The SMILES string of the molecule is CN(C)C(=O)CCCNc1cc(C2CC(N)C2)nc(N2CCCC2)n1. The van der Waals surface area contributed by atoms with Crippen LogP contribution in [0.25, 0.3) is 0 Å². The largest absolute Gasteiger partial charge is 0.370 e. The number of hydrogen-bond donors (Lipinski definition) is 2. The molecule has 2 aliphatic rings. The van der Waals surface area contributed by atoms with Gasteiger partial charge in [-0.3, -0.25) is 4.79 Å². The number of aromatic nitrogens is 2. The Balaban J connectivity index is 1.63. The fourth-order valence-electron chi connectivity index (χ4n) is 3.39. The van der Waals surface area contributed by atoms with Crippen LogP contribution in [0.1, 0.15) is 50.1 Å². The van der Waals surface area contributed by atoms with Gasteiger partial charge in [0, 0.05) is 58.2 Å². The minimum absolute atomic E-state index is 0.159. The quantitative estimate of drug-likeness (QED) is 0.729. The van der Waals surface area contributed by atoms with E-state index in [0.717, 1.165) is 56.4 Å². The van der Waals surface area contributed by atoms with Crippen molar-refractivity contribution in [2.75, 3.05) is 43.9 Å². The van der Waals surface area contributed by atoms with Crippen LogP contribution in [0.3, 0.4) is 0 Å². The first-order valence-electron chi connectivity index (χ1n) is 9.36. The predicted octanol–water partition coefficient (Wildman–Crippen LogP) is 1.56. The van der Waals surface area contributed by atoms with Gasteiger partial charge in [-0.15, -0.1) is 0 Å². The molecular weight excluding hydrogens is 316 g/mol. The standard InChI is InChI=1S/C18H30N6O/c1-23(2)17(25)6-5-7-20-16-12-15(13-10-14(19)11-13)21-18(22-16)24-8-3-4-9-24/h12-14H,3-11,19H2,1-2H3,(H,20,21,22). The van der Waals surface area contributed by atoms with Crippen molar-refractivity contribution in [2.24, 2.45) is 5.73 Å². The molecule has 3 N–H and O–H groups in total. The molecule has 25 heavy (non-hydrogen) atoms. The fraction of sp³-hybridized carbons (Fsp3) is 0.722. The summed E-state index contributed by atoms with van der Waals surface area (Å²) in [5, 5.41) is 3.38. The van der Waals surface area contributed by atoms with Crippen LogP contribution in [-0.2, 0) is 4.79 Å². The zero-order valence-electron chi connectivity index (χ0n) is 15.4. The van der Waals surface area contributed by atoms with Crippen LogP contribution in [0.15, 0.2) is 6.07 Å². The van der Waals surface area contributed by atoms with E-state index in [0.29, 0.717) is 18.4 Å². The Morgan fingerprint density at radius 1 is 1.32 bits per heavy atom. The molecule has 0 spiro atoms. The Morgan fingerprint density at radius 3 is 2.68 bits per heavy atom. The highest BCUT2D eigenvalue weighted by Crippen LogP contribution is 2.36. The average molecular weight is 346 g/mol. The first kappa shape index (κ1) is 17.9. The number of carbonyl (C=O) groups excluding carboxylic acids is 1. The first-order chi connectivity index (χ1) is 12.0. The minimum Gasteiger partial charge on any atom is -0.370 e. The number of amides is 1. The van der Waals surface area contributed by atoms with Gasteiger partial charge in [-0.2, -0.15) is 4.98 Å². The first-order valence-corrected chi connectivity index (χ1v) is 9.36. The molecule has 1 aromatic heterocycles. The zero-order valence-corrected chi connectivity index (χ0v) is 15.4. The molecule has 1 saturated carbocycles. The number of nitrogens with one attached hydrogen (secondary N) is 1. The van der Waals surface area contributed by atoms with Crippen molar-refractivity contribution in [2.45, 2.75) is 50.5 Å². The van der Waals surface area contributed by atoms with Crippen molar-refractivity contribution in [1.29, 1.82) is 0 Å². The lowest BCUT2D eigenvalue weighted by Crippen LogP contribution is -2.35. The summed E-state index contributed by atoms with van der Waals surface area (Å²) < 4.78 is 0. The van der Waals surface area contributed by atoms with E-state index in [-0.39, 0.29) is 5.91 Å². The molecule has 7 heteroatoms. The zero-order chi connectivity index (χ0) is 17.8. The molecule has 0 bridgehead atoms. The van der Waals surface area contributed by atoms with E-state index < -0.39 is 0 Å². The lowest BCUT2D eigenvalue weighted by molar-refractivity contribution is -0.128. The molecule has 0 aromatic carbocycles. The summed E-state index contributed by atoms with van der Waals surface area (Å²) in [6.45, 7) is 2.80. The molecule has 7 nitrogen and oxygen atoms in total. The van der Waals surface area contributed by atoms with Crippen molar-refractivity contribution in [3.63, 3.8) is 0 Å². The van der Waals surface area contributed by atoms with Crippen molar-refractivity contribution >= 4 is 17.7 Å². The Bertz CT molecular complexity index is 593. The van der Waals surface area contributed by atoms with E-state index in [1.807, 2.05) is 0 Å². The number of rotatable bonds is 7. The molecule has 2 heterocycles. The Kier molecular flexibility index (Phi) is 5.73. The molecule has 1 amide bonds. The minimum atomic E-state index is 0.159. The van der Waals surface area contributed by atoms with E-state index in [2.05, 4.69) is 16.3 Å². The van der Waals surface area contributed by atoms with Crippen LogP contribution in [0.5, 0.6) is 0 Å². The van der Waals surface area contributed by atoms with E-state index in [1.54, 1.807) is 19.0 Å². The summed E-state index contributed by atoms with van der Waals surface area (Å²) >= 11 is 0. The van der Waals surface area contributed by atoms with Crippen molar-refractivity contribution in [3.05, 3.63) is 11.8 Å². The van der Waals surface area contributed by atoms with Gasteiger partial charge in [0.25, 0.3) is 0 Å². The number of carbonyl (C=O) groups is 1. The number of hydrogen-bond acceptors (Lipinski definition) is 6. The average Bonchev–Trinajstić information content (AvgIpc) is 3.10. The van der Waals surface area contributed by atoms with Crippen molar-refractivity contribution < 1.29 is 4.79 Å².